The third-order valence-electron chi connectivity index (χ3n) is 4.56. The molecule has 0 bridgehead atoms. The Morgan fingerprint density at radius 2 is 1.69 bits per heavy atom. The summed E-state index contributed by atoms with van der Waals surface area (Å²) in [7, 11) is 0. The Hall–Kier alpha value is -3.81. The molecule has 1 unspecified atom stereocenters. The Morgan fingerprint density at radius 3 is 2.31 bits per heavy atom. The number of aliphatic hydroxyl groups excluding tert-OH is 1. The van der Waals surface area contributed by atoms with Crippen LogP contribution in [0.25, 0.3) is 5.76 Å². The van der Waals surface area contributed by atoms with E-state index in [0.717, 1.165) is 35.2 Å². The van der Waals surface area contributed by atoms with Gasteiger partial charge in [0.25, 0.3) is 11.7 Å². The first kappa shape index (κ1) is 18.5. The topological polar surface area (TPSA) is 70.8 Å². The van der Waals surface area contributed by atoms with Gasteiger partial charge in [-0.05, 0) is 48.5 Å². The lowest BCUT2D eigenvalue weighted by atomic mass is 9.99. The van der Waals surface area contributed by atoms with Crippen LogP contribution in [-0.4, -0.2) is 16.8 Å². The van der Waals surface area contributed by atoms with Gasteiger partial charge in [-0.3, -0.25) is 14.5 Å². The van der Waals surface area contributed by atoms with E-state index in [2.05, 4.69) is 0 Å². The number of anilines is 1. The van der Waals surface area contributed by atoms with Crippen LogP contribution in [0, 0.1) is 17.5 Å². The van der Waals surface area contributed by atoms with Gasteiger partial charge in [-0.15, -0.1) is 0 Å². The molecule has 0 aliphatic carbocycles. The largest absolute Gasteiger partial charge is 0.507 e. The fraction of sp³-hybridized carbons (Fsp3) is 0.0476. The maximum Gasteiger partial charge on any atom is 0.300 e. The molecule has 1 saturated heterocycles. The average Bonchev–Trinajstić information content (AvgIpc) is 3.32. The highest BCUT2D eigenvalue weighted by Gasteiger charge is 2.48. The number of nitrogens with zero attached hydrogens (tertiary/aromatic N) is 1. The van der Waals surface area contributed by atoms with Crippen LogP contribution >= 0.6 is 0 Å². The second-order valence-electron chi connectivity index (χ2n) is 6.29. The number of amides is 1. The first-order valence-electron chi connectivity index (χ1n) is 8.44. The fourth-order valence-electron chi connectivity index (χ4n) is 3.21. The number of Topliss-reactive ketones (excluding diaryl/α,β-unsaturated/α-hetero) is 1. The molecular formula is C21H12F3NO4. The maximum absolute atomic E-state index is 13.8. The molecule has 1 aromatic heterocycles. The number of hydrogen-bond donors (Lipinski definition) is 1. The van der Waals surface area contributed by atoms with E-state index in [0.29, 0.717) is 0 Å². The Kier molecular flexibility index (Phi) is 4.46. The number of carbonyl (C=O) groups is 2. The minimum atomic E-state index is -1.22. The van der Waals surface area contributed by atoms with E-state index in [9.17, 15) is 27.9 Å². The molecule has 8 heteroatoms. The van der Waals surface area contributed by atoms with E-state index in [1.54, 1.807) is 0 Å². The molecule has 1 aliphatic heterocycles. The smallest absolute Gasteiger partial charge is 0.300 e. The number of halogens is 3. The minimum absolute atomic E-state index is 0.0921. The van der Waals surface area contributed by atoms with Gasteiger partial charge in [0.2, 0.25) is 0 Å². The van der Waals surface area contributed by atoms with Crippen LogP contribution in [0.4, 0.5) is 18.9 Å². The van der Waals surface area contributed by atoms with Crippen molar-refractivity contribution >= 4 is 23.1 Å². The van der Waals surface area contributed by atoms with Gasteiger partial charge >= 0.3 is 0 Å². The molecule has 1 amide bonds. The predicted octanol–water partition coefficient (Wildman–Crippen LogP) is 4.32. The summed E-state index contributed by atoms with van der Waals surface area (Å²) in [5, 5.41) is 10.7. The maximum atomic E-state index is 13.8. The van der Waals surface area contributed by atoms with Gasteiger partial charge in [0, 0.05) is 17.3 Å². The van der Waals surface area contributed by atoms with Crippen molar-refractivity contribution < 1.29 is 32.3 Å². The normalized spacial score (nSPS) is 18.4. The molecule has 2 heterocycles. The van der Waals surface area contributed by atoms with Crippen LogP contribution in [0.15, 0.2) is 70.9 Å². The van der Waals surface area contributed by atoms with Gasteiger partial charge in [0.1, 0.15) is 23.4 Å². The summed E-state index contributed by atoms with van der Waals surface area (Å²) in [6.45, 7) is 0. The van der Waals surface area contributed by atoms with Crippen LogP contribution in [0.2, 0.25) is 0 Å². The molecule has 1 fully saturated rings. The van der Waals surface area contributed by atoms with Crippen molar-refractivity contribution in [1.82, 2.24) is 0 Å². The van der Waals surface area contributed by atoms with Crippen LogP contribution in [0.1, 0.15) is 17.4 Å². The number of carbonyl (C=O) groups excluding carboxylic acids is 2. The van der Waals surface area contributed by atoms with Crippen molar-refractivity contribution in [2.75, 3.05) is 4.90 Å². The number of aliphatic hydroxyl groups is 1. The Balaban J connectivity index is 1.92. The van der Waals surface area contributed by atoms with Crippen LogP contribution in [0.5, 0.6) is 0 Å². The number of furan rings is 1. The third-order valence-corrected chi connectivity index (χ3v) is 4.56. The monoisotopic (exact) mass is 399 g/mol. The lowest BCUT2D eigenvalue weighted by Gasteiger charge is -2.23. The van der Waals surface area contributed by atoms with Crippen molar-refractivity contribution in [3.63, 3.8) is 0 Å². The van der Waals surface area contributed by atoms with E-state index in [1.807, 2.05) is 0 Å². The summed E-state index contributed by atoms with van der Waals surface area (Å²) in [4.78, 5) is 26.4. The molecule has 146 valence electrons. The quantitative estimate of drug-likeness (QED) is 0.405. The zero-order chi connectivity index (χ0) is 20.7. The molecule has 1 aliphatic rings. The lowest BCUT2D eigenvalue weighted by molar-refractivity contribution is -0.132. The Bertz CT molecular complexity index is 1140. The van der Waals surface area contributed by atoms with Gasteiger partial charge in [-0.2, -0.15) is 0 Å². The first-order chi connectivity index (χ1) is 13.9. The van der Waals surface area contributed by atoms with Gasteiger partial charge in [-0.25, -0.2) is 13.2 Å². The zero-order valence-electron chi connectivity index (χ0n) is 14.6. The highest BCUT2D eigenvalue weighted by molar-refractivity contribution is 6.51. The molecule has 0 saturated carbocycles. The number of hydrogen-bond acceptors (Lipinski definition) is 4. The molecular weight excluding hydrogens is 387 g/mol. The number of benzene rings is 2. The van der Waals surface area contributed by atoms with Crippen molar-refractivity contribution in [1.29, 1.82) is 0 Å². The van der Waals surface area contributed by atoms with Crippen LogP contribution in [0.3, 0.4) is 0 Å². The van der Waals surface area contributed by atoms with E-state index in [-0.39, 0.29) is 22.6 Å². The highest BCUT2D eigenvalue weighted by atomic mass is 19.2. The summed E-state index contributed by atoms with van der Waals surface area (Å²) in [5.41, 5.74) is -0.307. The molecule has 4 rings (SSSR count). The van der Waals surface area contributed by atoms with Gasteiger partial charge in [-0.1, -0.05) is 0 Å². The summed E-state index contributed by atoms with van der Waals surface area (Å²) in [5.74, 6) is -5.40. The summed E-state index contributed by atoms with van der Waals surface area (Å²) in [6, 6.07) is 9.16. The fourth-order valence-corrected chi connectivity index (χ4v) is 3.21. The highest BCUT2D eigenvalue weighted by Crippen LogP contribution is 2.42. The summed E-state index contributed by atoms with van der Waals surface area (Å²) >= 11 is 0. The van der Waals surface area contributed by atoms with Gasteiger partial charge < -0.3 is 9.52 Å². The van der Waals surface area contributed by atoms with E-state index in [1.165, 1.54) is 30.5 Å². The van der Waals surface area contributed by atoms with Gasteiger partial charge in [0.05, 0.1) is 11.8 Å². The SMILES string of the molecule is O=C1C(=O)N(c2ccc(F)c(F)c2)C(c2ccco2)/C1=C(/O)c1ccc(F)cc1. The second kappa shape index (κ2) is 6.97. The average molecular weight is 399 g/mol. The van der Waals surface area contributed by atoms with Crippen molar-refractivity contribution in [2.24, 2.45) is 0 Å². The predicted molar refractivity (Wildman–Crippen MR) is 96.2 cm³/mol. The van der Waals surface area contributed by atoms with E-state index in [4.69, 9.17) is 4.42 Å². The molecule has 1 N–H and O–H groups in total. The zero-order valence-corrected chi connectivity index (χ0v) is 14.6. The molecule has 1 atom stereocenters. The first-order valence-corrected chi connectivity index (χ1v) is 8.44. The standard InChI is InChI=1S/C21H12F3NO4/c22-12-5-3-11(4-6-12)19(26)17-18(16-2-1-9-29-16)25(21(28)20(17)27)13-7-8-14(23)15(24)10-13/h1-10,18,26H/b19-17-. The van der Waals surface area contributed by atoms with E-state index < -0.39 is 40.9 Å². The number of rotatable bonds is 3. The van der Waals surface area contributed by atoms with Crippen LogP contribution in [-0.2, 0) is 9.59 Å². The Morgan fingerprint density at radius 1 is 0.966 bits per heavy atom. The third kappa shape index (κ3) is 3.08. The second-order valence-corrected chi connectivity index (χ2v) is 6.29. The van der Waals surface area contributed by atoms with Crippen LogP contribution < -0.4 is 4.90 Å². The van der Waals surface area contributed by atoms with E-state index >= 15 is 0 Å². The summed E-state index contributed by atoms with van der Waals surface area (Å²) in [6.07, 6.45) is 1.30. The lowest BCUT2D eigenvalue weighted by Crippen LogP contribution is -2.29. The molecule has 0 radical (unpaired) electrons. The molecule has 3 aromatic rings. The Labute approximate surface area is 162 Å². The molecule has 5 nitrogen and oxygen atoms in total. The van der Waals surface area contributed by atoms with Crippen molar-refractivity contribution in [3.05, 3.63) is 95.2 Å². The molecule has 0 spiro atoms. The summed E-state index contributed by atoms with van der Waals surface area (Å²) < 4.78 is 45.7. The van der Waals surface area contributed by atoms with Crippen molar-refractivity contribution in [3.8, 4) is 0 Å². The molecule has 2 aromatic carbocycles. The minimum Gasteiger partial charge on any atom is -0.507 e. The van der Waals surface area contributed by atoms with Crippen molar-refractivity contribution in [2.45, 2.75) is 6.04 Å². The number of ketones is 1. The van der Waals surface area contributed by atoms with Gasteiger partial charge in [0.15, 0.2) is 11.6 Å². The molecule has 29 heavy (non-hydrogen) atoms.